The number of fused-ring (bicyclic) bond motifs is 1. The Balaban J connectivity index is 1.62. The molecule has 100 valence electrons. The van der Waals surface area contributed by atoms with E-state index >= 15 is 0 Å². The number of hydrogen-bond acceptors (Lipinski definition) is 4. The van der Waals surface area contributed by atoms with Crippen LogP contribution < -0.4 is 4.74 Å². The fourth-order valence-corrected chi connectivity index (χ4v) is 2.42. The first-order valence-corrected chi connectivity index (χ1v) is 6.86. The van der Waals surface area contributed by atoms with Gasteiger partial charge < -0.3 is 9.47 Å². The Morgan fingerprint density at radius 3 is 3.21 bits per heavy atom. The molecule has 0 radical (unpaired) electrons. The molecule has 1 unspecified atom stereocenters. The first kappa shape index (κ1) is 12.4. The van der Waals surface area contributed by atoms with E-state index in [1.165, 1.54) is 12.8 Å². The summed E-state index contributed by atoms with van der Waals surface area (Å²) < 4.78 is 11.5. The Morgan fingerprint density at radius 2 is 2.32 bits per heavy atom. The largest absolute Gasteiger partial charge is 0.490 e. The van der Waals surface area contributed by atoms with Crippen LogP contribution in [0.1, 0.15) is 25.7 Å². The highest BCUT2D eigenvalue weighted by Crippen LogP contribution is 2.22. The molecule has 4 heteroatoms. The van der Waals surface area contributed by atoms with Crippen molar-refractivity contribution in [2.45, 2.75) is 31.8 Å². The van der Waals surface area contributed by atoms with E-state index in [1.54, 1.807) is 18.6 Å². The summed E-state index contributed by atoms with van der Waals surface area (Å²) >= 11 is 0. The van der Waals surface area contributed by atoms with E-state index in [0.717, 1.165) is 36.1 Å². The zero-order valence-electron chi connectivity index (χ0n) is 10.9. The van der Waals surface area contributed by atoms with Gasteiger partial charge in [-0.2, -0.15) is 0 Å². The summed E-state index contributed by atoms with van der Waals surface area (Å²) in [6.45, 7) is 1.55. The maximum atomic E-state index is 5.82. The summed E-state index contributed by atoms with van der Waals surface area (Å²) in [4.78, 5) is 8.53. The number of rotatable bonds is 4. The molecule has 1 aliphatic heterocycles. The molecule has 2 aromatic rings. The molecule has 1 saturated heterocycles. The molecule has 0 N–H and O–H groups in total. The van der Waals surface area contributed by atoms with Crippen molar-refractivity contribution in [3.8, 4) is 5.75 Å². The molecule has 3 heterocycles. The number of aromatic nitrogens is 2. The lowest BCUT2D eigenvalue weighted by Gasteiger charge is -2.22. The topological polar surface area (TPSA) is 44.2 Å². The highest BCUT2D eigenvalue weighted by molar-refractivity contribution is 5.82. The van der Waals surface area contributed by atoms with Gasteiger partial charge in [-0.25, -0.2) is 0 Å². The molecule has 0 aliphatic carbocycles. The van der Waals surface area contributed by atoms with Crippen molar-refractivity contribution in [1.82, 2.24) is 9.97 Å². The van der Waals surface area contributed by atoms with E-state index in [9.17, 15) is 0 Å². The zero-order chi connectivity index (χ0) is 12.9. The van der Waals surface area contributed by atoms with Gasteiger partial charge in [0.05, 0.1) is 18.9 Å². The Morgan fingerprint density at radius 1 is 1.32 bits per heavy atom. The van der Waals surface area contributed by atoms with Crippen LogP contribution in [-0.2, 0) is 4.74 Å². The average Bonchev–Trinajstić information content (AvgIpc) is 2.49. The lowest BCUT2D eigenvalue weighted by molar-refractivity contribution is 0.00411. The van der Waals surface area contributed by atoms with E-state index in [1.807, 2.05) is 12.1 Å². The van der Waals surface area contributed by atoms with E-state index in [4.69, 9.17) is 9.47 Å². The molecule has 0 aromatic carbocycles. The van der Waals surface area contributed by atoms with E-state index in [0.29, 0.717) is 12.7 Å². The molecule has 0 spiro atoms. The molecule has 1 fully saturated rings. The first-order valence-electron chi connectivity index (χ1n) is 6.86. The smallest absolute Gasteiger partial charge is 0.163 e. The highest BCUT2D eigenvalue weighted by atomic mass is 16.5. The SMILES string of the molecule is c1cnc2c(OCCC3CCCCO3)cncc2c1. The van der Waals surface area contributed by atoms with Gasteiger partial charge in [0.1, 0.15) is 5.52 Å². The van der Waals surface area contributed by atoms with Crippen LogP contribution in [0, 0.1) is 0 Å². The van der Waals surface area contributed by atoms with Gasteiger partial charge in [-0.05, 0) is 31.4 Å². The zero-order valence-corrected chi connectivity index (χ0v) is 10.9. The van der Waals surface area contributed by atoms with Gasteiger partial charge in [0.2, 0.25) is 0 Å². The predicted molar refractivity (Wildman–Crippen MR) is 73.2 cm³/mol. The van der Waals surface area contributed by atoms with Crippen LogP contribution in [0.15, 0.2) is 30.7 Å². The molecular formula is C15H18N2O2. The third-order valence-corrected chi connectivity index (χ3v) is 3.45. The Labute approximate surface area is 112 Å². The molecule has 0 amide bonds. The summed E-state index contributed by atoms with van der Waals surface area (Å²) in [5.41, 5.74) is 0.877. The average molecular weight is 258 g/mol. The van der Waals surface area contributed by atoms with Gasteiger partial charge in [0.25, 0.3) is 0 Å². The van der Waals surface area contributed by atoms with E-state index in [2.05, 4.69) is 9.97 Å². The van der Waals surface area contributed by atoms with Crippen molar-refractivity contribution in [3.05, 3.63) is 30.7 Å². The molecule has 0 saturated carbocycles. The second-order valence-corrected chi connectivity index (χ2v) is 4.84. The standard InChI is InChI=1S/C15H18N2O2/c1-2-8-18-13(5-1)6-9-19-14-11-16-10-12-4-3-7-17-15(12)14/h3-4,7,10-11,13H,1-2,5-6,8-9H2. The van der Waals surface area contributed by atoms with Gasteiger partial charge in [-0.15, -0.1) is 0 Å². The normalized spacial score (nSPS) is 19.5. The third kappa shape index (κ3) is 3.01. The fourth-order valence-electron chi connectivity index (χ4n) is 2.42. The summed E-state index contributed by atoms with van der Waals surface area (Å²) in [5, 5.41) is 1.01. The molecule has 1 atom stereocenters. The quantitative estimate of drug-likeness (QED) is 0.845. The van der Waals surface area contributed by atoms with Gasteiger partial charge in [-0.3, -0.25) is 9.97 Å². The van der Waals surface area contributed by atoms with Crippen LogP contribution in [0.2, 0.25) is 0 Å². The second kappa shape index (κ2) is 5.97. The Hall–Kier alpha value is -1.68. The minimum atomic E-state index is 0.352. The van der Waals surface area contributed by atoms with Crippen molar-refractivity contribution < 1.29 is 9.47 Å². The van der Waals surface area contributed by atoms with E-state index < -0.39 is 0 Å². The maximum absolute atomic E-state index is 5.82. The van der Waals surface area contributed by atoms with Crippen LogP contribution in [0.25, 0.3) is 10.9 Å². The van der Waals surface area contributed by atoms with Crippen LogP contribution in [0.5, 0.6) is 5.75 Å². The van der Waals surface area contributed by atoms with Crippen molar-refractivity contribution in [2.75, 3.05) is 13.2 Å². The van der Waals surface area contributed by atoms with Crippen LogP contribution in [0.3, 0.4) is 0 Å². The lowest BCUT2D eigenvalue weighted by Crippen LogP contribution is -2.21. The molecule has 3 rings (SSSR count). The predicted octanol–water partition coefficient (Wildman–Crippen LogP) is 2.97. The number of pyridine rings is 2. The summed E-state index contributed by atoms with van der Waals surface area (Å²) in [7, 11) is 0. The molecule has 19 heavy (non-hydrogen) atoms. The summed E-state index contributed by atoms with van der Waals surface area (Å²) in [6, 6.07) is 3.90. The minimum Gasteiger partial charge on any atom is -0.490 e. The van der Waals surface area contributed by atoms with Gasteiger partial charge in [0.15, 0.2) is 5.75 Å². The number of ether oxygens (including phenoxy) is 2. The van der Waals surface area contributed by atoms with Crippen LogP contribution in [0.4, 0.5) is 0 Å². The van der Waals surface area contributed by atoms with Crippen molar-refractivity contribution in [3.63, 3.8) is 0 Å². The van der Waals surface area contributed by atoms with Gasteiger partial charge in [-0.1, -0.05) is 0 Å². The van der Waals surface area contributed by atoms with Crippen LogP contribution in [-0.4, -0.2) is 29.3 Å². The monoisotopic (exact) mass is 258 g/mol. The Kier molecular flexibility index (Phi) is 3.89. The molecule has 4 nitrogen and oxygen atoms in total. The van der Waals surface area contributed by atoms with Crippen molar-refractivity contribution >= 4 is 10.9 Å². The highest BCUT2D eigenvalue weighted by Gasteiger charge is 2.14. The molecule has 2 aromatic heterocycles. The van der Waals surface area contributed by atoms with Gasteiger partial charge >= 0.3 is 0 Å². The summed E-state index contributed by atoms with van der Waals surface area (Å²) in [6.07, 6.45) is 10.2. The van der Waals surface area contributed by atoms with Crippen molar-refractivity contribution in [2.24, 2.45) is 0 Å². The molecule has 0 bridgehead atoms. The maximum Gasteiger partial charge on any atom is 0.163 e. The van der Waals surface area contributed by atoms with Crippen molar-refractivity contribution in [1.29, 1.82) is 0 Å². The minimum absolute atomic E-state index is 0.352. The second-order valence-electron chi connectivity index (χ2n) is 4.84. The number of hydrogen-bond donors (Lipinski definition) is 0. The molecule has 1 aliphatic rings. The summed E-state index contributed by atoms with van der Waals surface area (Å²) in [5.74, 6) is 0.758. The third-order valence-electron chi connectivity index (χ3n) is 3.45. The fraction of sp³-hybridized carbons (Fsp3) is 0.467. The van der Waals surface area contributed by atoms with E-state index in [-0.39, 0.29) is 0 Å². The Bertz CT molecular complexity index is 533. The number of nitrogens with zero attached hydrogens (tertiary/aromatic N) is 2. The van der Waals surface area contributed by atoms with Gasteiger partial charge in [0, 0.05) is 30.8 Å². The first-order chi connectivity index (χ1) is 9.43. The lowest BCUT2D eigenvalue weighted by atomic mass is 10.1. The molecular weight excluding hydrogens is 240 g/mol. The van der Waals surface area contributed by atoms with Crippen LogP contribution >= 0.6 is 0 Å².